The van der Waals surface area contributed by atoms with Gasteiger partial charge in [-0.3, -0.25) is 0 Å². The summed E-state index contributed by atoms with van der Waals surface area (Å²) < 4.78 is 12.0. The molecule has 1 N–H and O–H groups in total. The van der Waals surface area contributed by atoms with Crippen LogP contribution in [0.1, 0.15) is 44.9 Å². The molecule has 2 unspecified atom stereocenters. The predicted octanol–water partition coefficient (Wildman–Crippen LogP) is 2.59. The van der Waals surface area contributed by atoms with E-state index in [1.165, 1.54) is 50.0 Å². The Morgan fingerprint density at radius 1 is 1.26 bits per heavy atom. The molecule has 0 amide bonds. The highest BCUT2D eigenvalue weighted by atomic mass is 32.2. The molecule has 110 valence electrons. The summed E-state index contributed by atoms with van der Waals surface area (Å²) in [5.41, 5.74) is 0.201. The number of rotatable bonds is 5. The maximum Gasteiger partial charge on any atom is 0.0795 e. The largest absolute Gasteiger partial charge is 0.377 e. The van der Waals surface area contributed by atoms with Gasteiger partial charge in [0.05, 0.1) is 18.3 Å². The van der Waals surface area contributed by atoms with E-state index in [0.717, 1.165) is 26.2 Å². The van der Waals surface area contributed by atoms with Crippen molar-refractivity contribution in [1.29, 1.82) is 0 Å². The average Bonchev–Trinajstić information content (AvgIpc) is 3.07. The molecule has 2 saturated heterocycles. The van der Waals surface area contributed by atoms with E-state index in [4.69, 9.17) is 9.47 Å². The number of nitrogens with one attached hydrogen (secondary N) is 1. The van der Waals surface area contributed by atoms with Crippen molar-refractivity contribution in [2.75, 3.05) is 31.3 Å². The molecule has 0 aromatic rings. The number of ether oxygens (including phenoxy) is 2. The molecule has 0 aromatic carbocycles. The lowest BCUT2D eigenvalue weighted by Crippen LogP contribution is -2.47. The summed E-state index contributed by atoms with van der Waals surface area (Å²) in [4.78, 5) is 0. The third-order valence-electron chi connectivity index (χ3n) is 4.75. The summed E-state index contributed by atoms with van der Waals surface area (Å²) in [5.74, 6) is 2.47. The molecule has 3 nitrogen and oxygen atoms in total. The van der Waals surface area contributed by atoms with Gasteiger partial charge in [-0.25, -0.2) is 0 Å². The van der Waals surface area contributed by atoms with Crippen LogP contribution in [0.5, 0.6) is 0 Å². The van der Waals surface area contributed by atoms with Crippen LogP contribution in [0.15, 0.2) is 0 Å². The van der Waals surface area contributed by atoms with E-state index in [1.54, 1.807) is 0 Å². The minimum Gasteiger partial charge on any atom is -0.377 e. The van der Waals surface area contributed by atoms with Crippen molar-refractivity contribution in [3.8, 4) is 0 Å². The third-order valence-corrected chi connectivity index (χ3v) is 5.97. The van der Waals surface area contributed by atoms with Crippen LogP contribution >= 0.6 is 11.8 Å². The molecular formula is C15H27NO2S. The third kappa shape index (κ3) is 3.87. The normalized spacial score (nSPS) is 36.3. The lowest BCUT2D eigenvalue weighted by atomic mass is 9.90. The van der Waals surface area contributed by atoms with Gasteiger partial charge in [-0.1, -0.05) is 12.8 Å². The molecule has 3 rings (SSSR count). The molecule has 1 spiro atoms. The van der Waals surface area contributed by atoms with E-state index in [9.17, 15) is 0 Å². The minimum atomic E-state index is 0.201. The van der Waals surface area contributed by atoms with Gasteiger partial charge in [-0.15, -0.1) is 0 Å². The van der Waals surface area contributed by atoms with Crippen molar-refractivity contribution >= 4 is 11.8 Å². The first-order valence-electron chi connectivity index (χ1n) is 7.93. The second-order valence-electron chi connectivity index (χ2n) is 6.26. The van der Waals surface area contributed by atoms with Gasteiger partial charge in [0.2, 0.25) is 0 Å². The van der Waals surface area contributed by atoms with Crippen LogP contribution in [-0.2, 0) is 9.47 Å². The van der Waals surface area contributed by atoms with Crippen molar-refractivity contribution in [2.24, 2.45) is 0 Å². The van der Waals surface area contributed by atoms with Crippen molar-refractivity contribution in [3.05, 3.63) is 0 Å². The first-order valence-corrected chi connectivity index (χ1v) is 9.09. The Bertz CT molecular complexity index is 275. The molecule has 1 saturated carbocycles. The van der Waals surface area contributed by atoms with Crippen molar-refractivity contribution < 1.29 is 9.47 Å². The Labute approximate surface area is 121 Å². The predicted molar refractivity (Wildman–Crippen MR) is 79.9 cm³/mol. The zero-order valence-electron chi connectivity index (χ0n) is 11.9. The Kier molecular flexibility index (Phi) is 5.07. The van der Waals surface area contributed by atoms with Gasteiger partial charge < -0.3 is 14.8 Å². The van der Waals surface area contributed by atoms with Crippen LogP contribution in [0.2, 0.25) is 0 Å². The fraction of sp³-hybridized carbons (Fsp3) is 1.00. The van der Waals surface area contributed by atoms with Crippen LogP contribution in [0.3, 0.4) is 0 Å². The van der Waals surface area contributed by atoms with E-state index < -0.39 is 0 Å². The lowest BCUT2D eigenvalue weighted by Gasteiger charge is -2.38. The Hall–Kier alpha value is 0.230. The quantitative estimate of drug-likeness (QED) is 0.787. The Morgan fingerprint density at radius 2 is 2.16 bits per heavy atom. The second kappa shape index (κ2) is 6.79. The fourth-order valence-corrected chi connectivity index (χ4v) is 4.99. The van der Waals surface area contributed by atoms with Crippen LogP contribution in [0.4, 0.5) is 0 Å². The summed E-state index contributed by atoms with van der Waals surface area (Å²) >= 11 is 2.05. The second-order valence-corrected chi connectivity index (χ2v) is 7.36. The van der Waals surface area contributed by atoms with Crippen molar-refractivity contribution in [1.82, 2.24) is 5.32 Å². The molecule has 2 heterocycles. The standard InChI is InChI=1S/C15H27NO2S/c1-2-4-14(3-1)17-9-7-16-13-5-8-18-15(11-13)6-10-19-12-15/h13-14,16H,1-12H2. The first-order chi connectivity index (χ1) is 9.36. The Balaban J connectivity index is 1.33. The summed E-state index contributed by atoms with van der Waals surface area (Å²) in [6, 6.07) is 0.639. The minimum absolute atomic E-state index is 0.201. The summed E-state index contributed by atoms with van der Waals surface area (Å²) in [7, 11) is 0. The van der Waals surface area contributed by atoms with Crippen LogP contribution in [0, 0.1) is 0 Å². The maximum absolute atomic E-state index is 6.05. The molecule has 3 aliphatic rings. The van der Waals surface area contributed by atoms with Gasteiger partial charge in [-0.05, 0) is 37.9 Å². The summed E-state index contributed by atoms with van der Waals surface area (Å²) in [5, 5.41) is 3.68. The number of hydrogen-bond acceptors (Lipinski definition) is 4. The molecule has 19 heavy (non-hydrogen) atoms. The molecule has 0 aromatic heterocycles. The van der Waals surface area contributed by atoms with Gasteiger partial charge in [0.1, 0.15) is 0 Å². The molecule has 0 radical (unpaired) electrons. The Morgan fingerprint density at radius 3 is 2.95 bits per heavy atom. The lowest BCUT2D eigenvalue weighted by molar-refractivity contribution is -0.0709. The highest BCUT2D eigenvalue weighted by Gasteiger charge is 2.40. The molecule has 3 fully saturated rings. The fourth-order valence-electron chi connectivity index (χ4n) is 3.61. The highest BCUT2D eigenvalue weighted by molar-refractivity contribution is 7.99. The molecule has 2 aliphatic heterocycles. The van der Waals surface area contributed by atoms with Gasteiger partial charge in [0, 0.05) is 24.9 Å². The average molecular weight is 285 g/mol. The molecule has 0 bridgehead atoms. The number of thioether (sulfide) groups is 1. The van der Waals surface area contributed by atoms with Gasteiger partial charge in [0.15, 0.2) is 0 Å². The SMILES string of the molecule is C1CCC(OCCNC2CCOC3(CCSC3)C2)C1. The zero-order chi connectivity index (χ0) is 13.0. The van der Waals surface area contributed by atoms with Crippen molar-refractivity contribution in [2.45, 2.75) is 62.7 Å². The van der Waals surface area contributed by atoms with E-state index in [2.05, 4.69) is 5.32 Å². The zero-order valence-corrected chi connectivity index (χ0v) is 12.7. The smallest absolute Gasteiger partial charge is 0.0795 e. The van der Waals surface area contributed by atoms with Crippen LogP contribution < -0.4 is 5.32 Å². The van der Waals surface area contributed by atoms with Gasteiger partial charge in [-0.2, -0.15) is 11.8 Å². The van der Waals surface area contributed by atoms with E-state index >= 15 is 0 Å². The van der Waals surface area contributed by atoms with E-state index in [0.29, 0.717) is 12.1 Å². The monoisotopic (exact) mass is 285 g/mol. The summed E-state index contributed by atoms with van der Waals surface area (Å²) in [6.07, 6.45) is 9.42. The van der Waals surface area contributed by atoms with E-state index in [1.807, 2.05) is 11.8 Å². The van der Waals surface area contributed by atoms with E-state index in [-0.39, 0.29) is 5.60 Å². The molecule has 2 atom stereocenters. The van der Waals surface area contributed by atoms with Crippen LogP contribution in [0.25, 0.3) is 0 Å². The highest BCUT2D eigenvalue weighted by Crippen LogP contribution is 2.38. The van der Waals surface area contributed by atoms with Crippen LogP contribution in [-0.4, -0.2) is 49.0 Å². The number of hydrogen-bond donors (Lipinski definition) is 1. The first kappa shape index (κ1) is 14.2. The molecular weight excluding hydrogens is 258 g/mol. The van der Waals surface area contributed by atoms with Gasteiger partial charge >= 0.3 is 0 Å². The maximum atomic E-state index is 6.05. The summed E-state index contributed by atoms with van der Waals surface area (Å²) in [6.45, 7) is 2.82. The van der Waals surface area contributed by atoms with Gasteiger partial charge in [0.25, 0.3) is 0 Å². The molecule has 1 aliphatic carbocycles. The topological polar surface area (TPSA) is 30.5 Å². The van der Waals surface area contributed by atoms with Crippen molar-refractivity contribution in [3.63, 3.8) is 0 Å². The molecule has 4 heteroatoms.